The number of hydrogen-bond donors (Lipinski definition) is 3. The normalized spacial score (nSPS) is 13.9. The number of carboxylic acid groups (broad SMARTS) is 1. The number of aliphatic imine (C=N–C) groups is 1. The molecule has 0 spiro atoms. The number of aliphatic hydroxyl groups excluding tert-OH is 1. The zero-order chi connectivity index (χ0) is 24.5. The standard InChI is InChI=1S/C24H30N4O5/c1-14(2)27-11-15-6-18(16(9-25)10-26-24(3,4)13-29)22(33-5)7-17(15)20-8-21(30)19(23(31)32)12-28(20)27/h6-10,12,14,29H,11,13,25H2,1-5H3,(H,31,32). The number of fused-ring (bicyclic) bond motifs is 3. The topological polar surface area (TPSA) is 130 Å². The zero-order valence-electron chi connectivity index (χ0n) is 19.5. The van der Waals surface area contributed by atoms with Crippen LogP contribution in [-0.2, 0) is 6.54 Å². The quantitative estimate of drug-likeness (QED) is 0.547. The fourth-order valence-corrected chi connectivity index (χ4v) is 3.66. The van der Waals surface area contributed by atoms with Crippen LogP contribution in [0.4, 0.5) is 0 Å². The van der Waals surface area contributed by atoms with E-state index in [0.29, 0.717) is 23.6 Å². The van der Waals surface area contributed by atoms with Crippen molar-refractivity contribution >= 4 is 17.8 Å². The van der Waals surface area contributed by atoms with Gasteiger partial charge in [0.05, 0.1) is 31.5 Å². The van der Waals surface area contributed by atoms with Crippen molar-refractivity contribution in [3.63, 3.8) is 0 Å². The Labute approximate surface area is 192 Å². The summed E-state index contributed by atoms with van der Waals surface area (Å²) in [6.45, 7) is 7.97. The number of aromatic nitrogens is 1. The number of pyridine rings is 1. The first kappa shape index (κ1) is 24.1. The molecule has 0 bridgehead atoms. The van der Waals surface area contributed by atoms with Gasteiger partial charge < -0.3 is 25.7 Å². The number of carboxylic acids is 1. The highest BCUT2D eigenvalue weighted by atomic mass is 16.5. The van der Waals surface area contributed by atoms with Crippen molar-refractivity contribution in [3.05, 3.63) is 57.5 Å². The molecule has 9 nitrogen and oxygen atoms in total. The number of aromatic carboxylic acids is 1. The number of methoxy groups -OCH3 is 1. The predicted octanol–water partition coefficient (Wildman–Crippen LogP) is 2.22. The van der Waals surface area contributed by atoms with Crippen LogP contribution in [0.15, 0.2) is 40.4 Å². The van der Waals surface area contributed by atoms with Gasteiger partial charge in [0, 0.05) is 47.4 Å². The molecule has 0 saturated carbocycles. The molecule has 2 aromatic rings. The molecular formula is C24H30N4O5. The lowest BCUT2D eigenvalue weighted by Gasteiger charge is -2.38. The first-order chi connectivity index (χ1) is 15.5. The lowest BCUT2D eigenvalue weighted by Crippen LogP contribution is -2.44. The minimum atomic E-state index is -1.26. The van der Waals surface area contributed by atoms with Gasteiger partial charge in [-0.1, -0.05) is 0 Å². The molecular weight excluding hydrogens is 424 g/mol. The van der Waals surface area contributed by atoms with E-state index in [4.69, 9.17) is 10.5 Å². The molecule has 0 unspecified atom stereocenters. The van der Waals surface area contributed by atoms with Crippen LogP contribution in [0.1, 0.15) is 49.2 Å². The van der Waals surface area contributed by atoms with E-state index >= 15 is 0 Å². The van der Waals surface area contributed by atoms with Gasteiger partial charge in [0.2, 0.25) is 0 Å². The molecule has 4 N–H and O–H groups in total. The maximum absolute atomic E-state index is 12.5. The lowest BCUT2D eigenvalue weighted by molar-refractivity contribution is 0.0694. The molecule has 176 valence electrons. The number of aliphatic hydroxyl groups is 1. The van der Waals surface area contributed by atoms with E-state index < -0.39 is 16.9 Å². The van der Waals surface area contributed by atoms with Gasteiger partial charge in [0.1, 0.15) is 11.3 Å². The third-order valence-corrected chi connectivity index (χ3v) is 5.60. The van der Waals surface area contributed by atoms with E-state index in [1.54, 1.807) is 10.9 Å². The maximum Gasteiger partial charge on any atom is 0.341 e. The molecule has 0 amide bonds. The number of allylic oxidation sites excluding steroid dienone is 1. The Kier molecular flexibility index (Phi) is 6.64. The van der Waals surface area contributed by atoms with Crippen molar-refractivity contribution in [2.75, 3.05) is 18.7 Å². The Balaban J connectivity index is 2.23. The van der Waals surface area contributed by atoms with Crippen molar-refractivity contribution in [2.45, 2.75) is 45.8 Å². The van der Waals surface area contributed by atoms with Crippen LogP contribution in [0.3, 0.4) is 0 Å². The number of nitrogens with zero attached hydrogens (tertiary/aromatic N) is 3. The second kappa shape index (κ2) is 9.11. The Hall–Kier alpha value is -3.59. The summed E-state index contributed by atoms with van der Waals surface area (Å²) in [4.78, 5) is 28.5. The van der Waals surface area contributed by atoms with Crippen LogP contribution in [0.25, 0.3) is 16.8 Å². The number of ether oxygens (including phenoxy) is 1. The molecule has 0 atom stereocenters. The fourth-order valence-electron chi connectivity index (χ4n) is 3.66. The van der Waals surface area contributed by atoms with Crippen LogP contribution in [-0.4, -0.2) is 52.4 Å². The van der Waals surface area contributed by atoms with Crippen molar-refractivity contribution in [1.29, 1.82) is 0 Å². The fraction of sp³-hybridized carbons (Fsp3) is 0.375. The van der Waals surface area contributed by atoms with Gasteiger partial charge >= 0.3 is 5.97 Å². The average molecular weight is 455 g/mol. The summed E-state index contributed by atoms with van der Waals surface area (Å²) in [5.41, 5.74) is 8.02. The van der Waals surface area contributed by atoms with Gasteiger partial charge in [-0.3, -0.25) is 14.5 Å². The number of rotatable bonds is 7. The summed E-state index contributed by atoms with van der Waals surface area (Å²) >= 11 is 0. The van der Waals surface area contributed by atoms with E-state index in [1.807, 2.05) is 44.8 Å². The van der Waals surface area contributed by atoms with Gasteiger partial charge in [-0.05, 0) is 45.4 Å². The molecule has 0 saturated heterocycles. The molecule has 1 aliphatic rings. The minimum absolute atomic E-state index is 0.0306. The molecule has 1 aliphatic heterocycles. The molecule has 2 heterocycles. The van der Waals surface area contributed by atoms with Gasteiger partial charge in [-0.2, -0.15) is 0 Å². The monoisotopic (exact) mass is 454 g/mol. The van der Waals surface area contributed by atoms with Crippen LogP contribution >= 0.6 is 0 Å². The van der Waals surface area contributed by atoms with Crippen molar-refractivity contribution in [2.24, 2.45) is 10.7 Å². The highest BCUT2D eigenvalue weighted by Crippen LogP contribution is 2.37. The van der Waals surface area contributed by atoms with E-state index in [2.05, 4.69) is 4.99 Å². The van der Waals surface area contributed by atoms with Crippen LogP contribution in [0.5, 0.6) is 5.75 Å². The second-order valence-electron chi connectivity index (χ2n) is 8.84. The van der Waals surface area contributed by atoms with E-state index in [9.17, 15) is 19.8 Å². The third-order valence-electron chi connectivity index (χ3n) is 5.60. The first-order valence-corrected chi connectivity index (χ1v) is 10.6. The largest absolute Gasteiger partial charge is 0.496 e. The van der Waals surface area contributed by atoms with E-state index in [1.165, 1.54) is 25.6 Å². The molecule has 9 heteroatoms. The summed E-state index contributed by atoms with van der Waals surface area (Å²) < 4.78 is 7.36. The van der Waals surface area contributed by atoms with Crippen molar-refractivity contribution in [1.82, 2.24) is 4.68 Å². The van der Waals surface area contributed by atoms with Crippen molar-refractivity contribution < 1.29 is 19.7 Å². The highest BCUT2D eigenvalue weighted by Gasteiger charge is 2.27. The summed E-state index contributed by atoms with van der Waals surface area (Å²) in [5.74, 6) is -0.737. The SMILES string of the molecule is COc1cc2c(cc1C(C=NC(C)(C)CO)=CN)CN(C(C)C)n1cc(C(=O)O)c(=O)cc1-2. The summed E-state index contributed by atoms with van der Waals surface area (Å²) in [7, 11) is 1.54. The maximum atomic E-state index is 12.5. The number of hydrogen-bond acceptors (Lipinski definition) is 7. The molecule has 0 fully saturated rings. The van der Waals surface area contributed by atoms with Crippen molar-refractivity contribution in [3.8, 4) is 17.0 Å². The smallest absolute Gasteiger partial charge is 0.341 e. The molecule has 0 aliphatic carbocycles. The zero-order valence-corrected chi connectivity index (χ0v) is 19.5. The lowest BCUT2D eigenvalue weighted by atomic mass is 9.94. The Morgan fingerprint density at radius 3 is 2.55 bits per heavy atom. The molecule has 1 aromatic carbocycles. The minimum Gasteiger partial charge on any atom is -0.496 e. The molecule has 3 rings (SSSR count). The molecule has 1 aromatic heterocycles. The van der Waals surface area contributed by atoms with Crippen LogP contribution < -0.4 is 20.9 Å². The second-order valence-corrected chi connectivity index (χ2v) is 8.84. The predicted molar refractivity (Wildman–Crippen MR) is 129 cm³/mol. The van der Waals surface area contributed by atoms with E-state index in [0.717, 1.165) is 16.7 Å². The Bertz CT molecular complexity index is 1190. The van der Waals surface area contributed by atoms with Gasteiger partial charge in [0.25, 0.3) is 0 Å². The Morgan fingerprint density at radius 2 is 2.00 bits per heavy atom. The first-order valence-electron chi connectivity index (χ1n) is 10.6. The number of carbonyl (C=O) groups is 1. The van der Waals surface area contributed by atoms with Gasteiger partial charge in [-0.15, -0.1) is 0 Å². The Morgan fingerprint density at radius 1 is 1.30 bits per heavy atom. The number of benzene rings is 1. The molecule has 0 radical (unpaired) electrons. The number of nitrogens with two attached hydrogens (primary N) is 1. The van der Waals surface area contributed by atoms with Gasteiger partial charge in [-0.25, -0.2) is 4.79 Å². The summed E-state index contributed by atoms with van der Waals surface area (Å²) in [5, 5.41) is 20.9. The highest BCUT2D eigenvalue weighted by molar-refractivity contribution is 6.11. The molecule has 33 heavy (non-hydrogen) atoms. The van der Waals surface area contributed by atoms with E-state index in [-0.39, 0.29) is 18.2 Å². The van der Waals surface area contributed by atoms with Crippen LogP contribution in [0, 0.1) is 0 Å². The average Bonchev–Trinajstić information content (AvgIpc) is 2.77. The van der Waals surface area contributed by atoms with Gasteiger partial charge in [0.15, 0.2) is 5.43 Å². The summed E-state index contributed by atoms with van der Waals surface area (Å²) in [6, 6.07) is 5.14. The van der Waals surface area contributed by atoms with Crippen LogP contribution in [0.2, 0.25) is 0 Å². The third kappa shape index (κ3) is 4.63. The summed E-state index contributed by atoms with van der Waals surface area (Å²) in [6.07, 6.45) is 4.42.